The van der Waals surface area contributed by atoms with E-state index in [-0.39, 0.29) is 41.6 Å². The van der Waals surface area contributed by atoms with Crippen LogP contribution in [0.5, 0.6) is 0 Å². The summed E-state index contributed by atoms with van der Waals surface area (Å²) in [5, 5.41) is 2.78. The number of aromatic nitrogens is 5. The maximum Gasteiger partial charge on any atom is 0.420 e. The third kappa shape index (κ3) is 5.73. The van der Waals surface area contributed by atoms with E-state index in [0.29, 0.717) is 19.0 Å². The van der Waals surface area contributed by atoms with Crippen LogP contribution >= 0.6 is 11.6 Å². The minimum Gasteiger partial charge on any atom is -0.351 e. The number of anilines is 1. The second-order valence-corrected chi connectivity index (χ2v) is 10.4. The first-order valence-electron chi connectivity index (χ1n) is 10.5. The van der Waals surface area contributed by atoms with Gasteiger partial charge in [-0.1, -0.05) is 11.6 Å². The number of nitrogens with zero attached hydrogens (tertiary/aromatic N) is 6. The molecule has 0 atom stereocenters. The minimum absolute atomic E-state index is 0.105. The van der Waals surface area contributed by atoms with Crippen LogP contribution in [0.4, 0.5) is 27.9 Å². The SMILES string of the molecule is CS(=O)(=O)N1CCC(Nc2ncc(C(F)(F)F)c(-c3cn(-c4ccc(Cl)nc4C(F)F)cn3)n2)CC1. The van der Waals surface area contributed by atoms with Crippen molar-refractivity contribution in [1.82, 2.24) is 28.8 Å². The molecule has 16 heteroatoms. The molecule has 0 unspecified atom stereocenters. The fraction of sp³-hybridized carbons (Fsp3) is 0.400. The Labute approximate surface area is 207 Å². The maximum atomic E-state index is 13.7. The highest BCUT2D eigenvalue weighted by atomic mass is 35.5. The third-order valence-electron chi connectivity index (χ3n) is 5.53. The Bertz CT molecular complexity index is 1360. The van der Waals surface area contributed by atoms with E-state index in [1.165, 1.54) is 16.4 Å². The van der Waals surface area contributed by atoms with E-state index in [0.717, 1.165) is 23.3 Å². The second-order valence-electron chi connectivity index (χ2n) is 8.04. The van der Waals surface area contributed by atoms with E-state index in [2.05, 4.69) is 25.3 Å². The highest BCUT2D eigenvalue weighted by Gasteiger charge is 2.36. The maximum absolute atomic E-state index is 13.7. The van der Waals surface area contributed by atoms with Gasteiger partial charge < -0.3 is 9.88 Å². The molecule has 4 heterocycles. The molecule has 1 aliphatic heterocycles. The first-order chi connectivity index (χ1) is 16.8. The van der Waals surface area contributed by atoms with Crippen molar-refractivity contribution in [3.63, 3.8) is 0 Å². The molecular weight excluding hydrogens is 533 g/mol. The van der Waals surface area contributed by atoms with E-state index >= 15 is 0 Å². The summed E-state index contributed by atoms with van der Waals surface area (Å²) in [6, 6.07) is 2.26. The molecule has 1 aliphatic rings. The van der Waals surface area contributed by atoms with Crippen molar-refractivity contribution in [3.8, 4) is 17.1 Å². The largest absolute Gasteiger partial charge is 0.420 e. The lowest BCUT2D eigenvalue weighted by molar-refractivity contribution is -0.137. The number of hydrogen-bond acceptors (Lipinski definition) is 7. The van der Waals surface area contributed by atoms with Gasteiger partial charge in [-0.2, -0.15) is 13.2 Å². The molecule has 0 radical (unpaired) electrons. The van der Waals surface area contributed by atoms with Crippen LogP contribution < -0.4 is 5.32 Å². The van der Waals surface area contributed by atoms with Crippen molar-refractivity contribution in [2.75, 3.05) is 24.7 Å². The zero-order valence-corrected chi connectivity index (χ0v) is 20.1. The van der Waals surface area contributed by atoms with Gasteiger partial charge in [0.2, 0.25) is 16.0 Å². The Hall–Kier alpha value is -2.91. The van der Waals surface area contributed by atoms with Crippen molar-refractivity contribution in [3.05, 3.63) is 47.3 Å². The average molecular weight is 552 g/mol. The number of rotatable bonds is 6. The monoisotopic (exact) mass is 551 g/mol. The topological polar surface area (TPSA) is 106 Å². The Balaban J connectivity index is 1.65. The van der Waals surface area contributed by atoms with Crippen LogP contribution in [-0.2, 0) is 16.2 Å². The Kier molecular flexibility index (Phi) is 7.16. The molecule has 1 saturated heterocycles. The van der Waals surface area contributed by atoms with Crippen LogP contribution in [0.25, 0.3) is 17.1 Å². The standard InChI is InChI=1S/C20H19ClF5N7O2S/c1-36(34,35)33-6-4-11(5-7-33)29-19-27-8-12(20(24,25)26)16(31-19)13-9-32(10-28-13)14-2-3-15(21)30-17(14)18(22)23/h2-3,8-11,18H,4-7H2,1H3,(H,27,29,31). The van der Waals surface area contributed by atoms with Gasteiger partial charge in [-0.05, 0) is 25.0 Å². The quantitative estimate of drug-likeness (QED) is 0.362. The van der Waals surface area contributed by atoms with Gasteiger partial charge in [0.05, 0.1) is 11.9 Å². The molecule has 0 spiro atoms. The minimum atomic E-state index is -4.81. The van der Waals surface area contributed by atoms with Crippen molar-refractivity contribution in [1.29, 1.82) is 0 Å². The van der Waals surface area contributed by atoms with Crippen molar-refractivity contribution in [2.24, 2.45) is 0 Å². The van der Waals surface area contributed by atoms with Gasteiger partial charge in [0, 0.05) is 31.5 Å². The first kappa shape index (κ1) is 26.2. The van der Waals surface area contributed by atoms with E-state index in [1.807, 2.05) is 0 Å². The van der Waals surface area contributed by atoms with E-state index in [4.69, 9.17) is 11.6 Å². The van der Waals surface area contributed by atoms with Crippen molar-refractivity contribution >= 4 is 27.6 Å². The van der Waals surface area contributed by atoms with Gasteiger partial charge in [0.15, 0.2) is 0 Å². The smallest absolute Gasteiger partial charge is 0.351 e. The molecule has 1 fully saturated rings. The molecule has 4 rings (SSSR count). The molecule has 9 nitrogen and oxygen atoms in total. The van der Waals surface area contributed by atoms with E-state index < -0.39 is 39.6 Å². The summed E-state index contributed by atoms with van der Waals surface area (Å²) in [6.07, 6.45) is -3.07. The predicted octanol–water partition coefficient (Wildman–Crippen LogP) is 4.17. The summed E-state index contributed by atoms with van der Waals surface area (Å²) in [7, 11) is -3.34. The van der Waals surface area contributed by atoms with Gasteiger partial charge in [-0.25, -0.2) is 41.4 Å². The van der Waals surface area contributed by atoms with Crippen LogP contribution in [0.2, 0.25) is 5.15 Å². The van der Waals surface area contributed by atoms with Gasteiger partial charge >= 0.3 is 6.18 Å². The molecule has 0 amide bonds. The highest BCUT2D eigenvalue weighted by molar-refractivity contribution is 7.88. The zero-order valence-electron chi connectivity index (χ0n) is 18.5. The Morgan fingerprint density at radius 1 is 1.14 bits per heavy atom. The number of alkyl halides is 5. The van der Waals surface area contributed by atoms with Crippen LogP contribution in [0.1, 0.15) is 30.5 Å². The molecule has 3 aromatic heterocycles. The highest BCUT2D eigenvalue weighted by Crippen LogP contribution is 2.36. The molecule has 194 valence electrons. The summed E-state index contributed by atoms with van der Waals surface area (Å²) in [4.78, 5) is 15.3. The number of halogens is 6. The normalized spacial score (nSPS) is 16.0. The summed E-state index contributed by atoms with van der Waals surface area (Å²) < 4.78 is 93.8. The van der Waals surface area contributed by atoms with Crippen LogP contribution in [0.3, 0.4) is 0 Å². The van der Waals surface area contributed by atoms with Gasteiger partial charge in [-0.3, -0.25) is 0 Å². The molecule has 36 heavy (non-hydrogen) atoms. The summed E-state index contributed by atoms with van der Waals surface area (Å²) >= 11 is 5.70. The summed E-state index contributed by atoms with van der Waals surface area (Å²) in [5.41, 5.74) is -2.70. The Morgan fingerprint density at radius 3 is 2.44 bits per heavy atom. The third-order valence-corrected chi connectivity index (χ3v) is 7.04. The lowest BCUT2D eigenvalue weighted by Crippen LogP contribution is -2.42. The average Bonchev–Trinajstić information content (AvgIpc) is 3.28. The number of piperidine rings is 1. The van der Waals surface area contributed by atoms with Gasteiger partial charge in [0.25, 0.3) is 6.43 Å². The fourth-order valence-corrected chi connectivity index (χ4v) is 4.80. The van der Waals surface area contributed by atoms with Crippen molar-refractivity contribution < 1.29 is 30.4 Å². The molecule has 1 N–H and O–H groups in total. The van der Waals surface area contributed by atoms with E-state index in [9.17, 15) is 30.4 Å². The molecule has 0 saturated carbocycles. The Morgan fingerprint density at radius 2 is 1.83 bits per heavy atom. The number of pyridine rings is 1. The fourth-order valence-electron chi connectivity index (χ4n) is 3.77. The molecular formula is C20H19ClF5N7O2S. The predicted molar refractivity (Wildman–Crippen MR) is 120 cm³/mol. The van der Waals surface area contributed by atoms with E-state index in [1.54, 1.807) is 0 Å². The molecule has 3 aromatic rings. The lowest BCUT2D eigenvalue weighted by Gasteiger charge is -2.30. The first-order valence-corrected chi connectivity index (χ1v) is 12.7. The summed E-state index contributed by atoms with van der Waals surface area (Å²) in [6.45, 7) is 0.492. The second kappa shape index (κ2) is 9.86. The zero-order chi connectivity index (χ0) is 26.3. The van der Waals surface area contributed by atoms with Gasteiger partial charge in [0.1, 0.15) is 34.1 Å². The number of hydrogen-bond donors (Lipinski definition) is 1. The molecule has 0 aromatic carbocycles. The molecule has 0 bridgehead atoms. The van der Waals surface area contributed by atoms with Gasteiger partial charge in [-0.15, -0.1) is 0 Å². The van der Waals surface area contributed by atoms with Crippen LogP contribution in [-0.4, -0.2) is 62.6 Å². The molecule has 0 aliphatic carbocycles. The van der Waals surface area contributed by atoms with Crippen LogP contribution in [0.15, 0.2) is 30.9 Å². The summed E-state index contributed by atoms with van der Waals surface area (Å²) in [5.74, 6) is -0.105. The number of sulfonamides is 1. The lowest BCUT2D eigenvalue weighted by atomic mass is 10.1. The number of nitrogens with one attached hydrogen (secondary N) is 1. The number of imidazole rings is 1. The van der Waals surface area contributed by atoms with Crippen molar-refractivity contribution in [2.45, 2.75) is 31.5 Å². The van der Waals surface area contributed by atoms with Crippen LogP contribution in [0, 0.1) is 0 Å².